The minimum atomic E-state index is -4.08. The second-order valence-corrected chi connectivity index (χ2v) is 9.03. The molecule has 1 aliphatic heterocycles. The summed E-state index contributed by atoms with van der Waals surface area (Å²) in [6.45, 7) is 1.50. The van der Waals surface area contributed by atoms with Crippen molar-refractivity contribution in [1.29, 1.82) is 0 Å². The van der Waals surface area contributed by atoms with Gasteiger partial charge in [-0.3, -0.25) is 0 Å². The van der Waals surface area contributed by atoms with E-state index >= 15 is 0 Å². The van der Waals surface area contributed by atoms with Crippen molar-refractivity contribution in [3.8, 4) is 0 Å². The molecule has 0 saturated carbocycles. The van der Waals surface area contributed by atoms with E-state index in [0.29, 0.717) is 0 Å². The lowest BCUT2D eigenvalue weighted by molar-refractivity contribution is 0.461. The van der Waals surface area contributed by atoms with Crippen LogP contribution >= 0.6 is 0 Å². The number of hydrogen-bond acceptors (Lipinski definition) is 5. The second-order valence-electron chi connectivity index (χ2n) is 5.19. The summed E-state index contributed by atoms with van der Waals surface area (Å²) in [6, 6.07) is 3.01. The molecule has 3 N–H and O–H groups in total. The summed E-state index contributed by atoms with van der Waals surface area (Å²) in [6.07, 6.45) is 0.170. The molecule has 0 aromatic heterocycles. The zero-order chi connectivity index (χ0) is 15.2. The molecule has 20 heavy (non-hydrogen) atoms. The molecule has 0 amide bonds. The first-order valence-corrected chi connectivity index (χ1v) is 9.13. The molecule has 6 nitrogen and oxygen atoms in total. The molecular weight excluding hydrogens is 307 g/mol. The summed E-state index contributed by atoms with van der Waals surface area (Å²) in [5.74, 6) is -1.09. The van der Waals surface area contributed by atoms with E-state index in [2.05, 4.69) is 4.72 Å². The Kier molecular flexibility index (Phi) is 3.55. The van der Waals surface area contributed by atoms with Gasteiger partial charge in [-0.05, 0) is 31.5 Å². The third-order valence-electron chi connectivity index (χ3n) is 3.15. The highest BCUT2D eigenvalue weighted by molar-refractivity contribution is 7.92. The van der Waals surface area contributed by atoms with Crippen LogP contribution in [0.25, 0.3) is 0 Å². The average Bonchev–Trinajstić information content (AvgIpc) is 2.55. The summed E-state index contributed by atoms with van der Waals surface area (Å²) in [5.41, 5.74) is 4.35. The number of halogens is 1. The molecular formula is C11H15FN2O4S2. The summed E-state index contributed by atoms with van der Waals surface area (Å²) in [5, 5.41) is 0. The molecule has 1 heterocycles. The van der Waals surface area contributed by atoms with Crippen LogP contribution in [-0.2, 0) is 19.9 Å². The molecule has 0 bridgehead atoms. The fourth-order valence-electron chi connectivity index (χ4n) is 2.21. The Morgan fingerprint density at radius 3 is 2.60 bits per heavy atom. The molecule has 9 heteroatoms. The maximum atomic E-state index is 13.2. The number of sulfone groups is 1. The van der Waals surface area contributed by atoms with E-state index in [0.717, 1.165) is 18.2 Å². The average molecular weight is 322 g/mol. The van der Waals surface area contributed by atoms with Gasteiger partial charge in [-0.1, -0.05) is 0 Å². The smallest absolute Gasteiger partial charge is 0.243 e. The fourth-order valence-corrected chi connectivity index (χ4v) is 5.97. The van der Waals surface area contributed by atoms with Gasteiger partial charge >= 0.3 is 0 Å². The van der Waals surface area contributed by atoms with Crippen molar-refractivity contribution < 1.29 is 21.2 Å². The van der Waals surface area contributed by atoms with E-state index in [1.165, 1.54) is 6.92 Å². The topological polar surface area (TPSA) is 106 Å². The van der Waals surface area contributed by atoms with Crippen molar-refractivity contribution >= 4 is 25.5 Å². The molecule has 112 valence electrons. The van der Waals surface area contributed by atoms with Gasteiger partial charge in [-0.25, -0.2) is 25.9 Å². The Bertz CT molecular complexity index is 746. The second kappa shape index (κ2) is 4.68. The number of hydrogen-bond donors (Lipinski definition) is 2. The molecule has 1 unspecified atom stereocenters. The van der Waals surface area contributed by atoms with Gasteiger partial charge in [0.05, 0.1) is 17.2 Å². The third-order valence-corrected chi connectivity index (χ3v) is 6.75. The van der Waals surface area contributed by atoms with Gasteiger partial charge < -0.3 is 5.73 Å². The molecule has 1 aromatic carbocycles. The molecule has 1 fully saturated rings. The fraction of sp³-hybridized carbons (Fsp3) is 0.455. The van der Waals surface area contributed by atoms with E-state index in [-0.39, 0.29) is 28.5 Å². The van der Waals surface area contributed by atoms with Gasteiger partial charge in [-0.2, -0.15) is 0 Å². The number of sulfonamides is 1. The lowest BCUT2D eigenvalue weighted by atomic mass is 10.0. The van der Waals surface area contributed by atoms with Crippen molar-refractivity contribution in [3.05, 3.63) is 24.0 Å². The maximum absolute atomic E-state index is 13.2. The van der Waals surface area contributed by atoms with E-state index in [4.69, 9.17) is 5.73 Å². The van der Waals surface area contributed by atoms with Crippen molar-refractivity contribution in [3.63, 3.8) is 0 Å². The number of nitrogens with one attached hydrogen (secondary N) is 1. The summed E-state index contributed by atoms with van der Waals surface area (Å²) in [4.78, 5) is -0.386. The zero-order valence-electron chi connectivity index (χ0n) is 10.8. The molecule has 1 atom stereocenters. The molecule has 0 aliphatic carbocycles. The van der Waals surface area contributed by atoms with E-state index < -0.39 is 31.2 Å². The van der Waals surface area contributed by atoms with Gasteiger partial charge in [0.2, 0.25) is 10.0 Å². The van der Waals surface area contributed by atoms with Crippen LogP contribution in [0.4, 0.5) is 10.1 Å². The number of nitrogen functional groups attached to an aromatic ring is 1. The van der Waals surface area contributed by atoms with Crippen LogP contribution in [0.3, 0.4) is 0 Å². The predicted molar refractivity (Wildman–Crippen MR) is 72.8 cm³/mol. The number of anilines is 1. The molecule has 1 saturated heterocycles. The highest BCUT2D eigenvalue weighted by Crippen LogP contribution is 2.27. The van der Waals surface area contributed by atoms with Crippen LogP contribution in [0.15, 0.2) is 23.1 Å². The van der Waals surface area contributed by atoms with Crippen LogP contribution in [0.2, 0.25) is 0 Å². The van der Waals surface area contributed by atoms with Gasteiger partial charge in [0.25, 0.3) is 0 Å². The SMILES string of the molecule is CC1(NS(=O)(=O)c2cc(F)ccc2N)CCS(=O)(=O)C1. The van der Waals surface area contributed by atoms with Crippen LogP contribution in [0.5, 0.6) is 0 Å². The van der Waals surface area contributed by atoms with Crippen molar-refractivity contribution in [2.75, 3.05) is 17.2 Å². The van der Waals surface area contributed by atoms with E-state index in [9.17, 15) is 21.2 Å². The highest BCUT2D eigenvalue weighted by Gasteiger charge is 2.41. The third kappa shape index (κ3) is 3.10. The maximum Gasteiger partial charge on any atom is 0.243 e. The lowest BCUT2D eigenvalue weighted by Crippen LogP contribution is -2.46. The Labute approximate surface area is 117 Å². The Hall–Kier alpha value is -1.19. The van der Waals surface area contributed by atoms with Crippen molar-refractivity contribution in [2.45, 2.75) is 23.8 Å². The summed E-state index contributed by atoms with van der Waals surface area (Å²) in [7, 11) is -7.34. The summed E-state index contributed by atoms with van der Waals surface area (Å²) < 4.78 is 62.9. The molecule has 2 rings (SSSR count). The highest BCUT2D eigenvalue weighted by atomic mass is 32.2. The van der Waals surface area contributed by atoms with Gasteiger partial charge in [-0.15, -0.1) is 0 Å². The standard InChI is InChI=1S/C11H15FN2O4S2/c1-11(4-5-19(15,16)7-11)14-20(17,18)10-6-8(12)2-3-9(10)13/h2-3,6,14H,4-5,7,13H2,1H3. The quantitative estimate of drug-likeness (QED) is 0.777. The van der Waals surface area contributed by atoms with Crippen LogP contribution < -0.4 is 10.5 Å². The van der Waals surface area contributed by atoms with Gasteiger partial charge in [0, 0.05) is 5.54 Å². The molecule has 1 aliphatic rings. The first kappa shape index (κ1) is 15.2. The molecule has 0 spiro atoms. The Balaban J connectivity index is 2.35. The minimum absolute atomic E-state index is 0.0787. The van der Waals surface area contributed by atoms with E-state index in [1.54, 1.807) is 0 Å². The Morgan fingerprint density at radius 2 is 2.05 bits per heavy atom. The van der Waals surface area contributed by atoms with Crippen molar-refractivity contribution in [1.82, 2.24) is 4.72 Å². The summed E-state index contributed by atoms with van der Waals surface area (Å²) >= 11 is 0. The predicted octanol–water partition coefficient (Wildman–Crippen LogP) is 0.263. The monoisotopic (exact) mass is 322 g/mol. The van der Waals surface area contributed by atoms with E-state index in [1.807, 2.05) is 0 Å². The first-order valence-electron chi connectivity index (χ1n) is 5.83. The number of benzene rings is 1. The molecule has 1 aromatic rings. The van der Waals surface area contributed by atoms with Crippen LogP contribution in [-0.4, -0.2) is 33.9 Å². The zero-order valence-corrected chi connectivity index (χ0v) is 12.4. The molecule has 0 radical (unpaired) electrons. The minimum Gasteiger partial charge on any atom is -0.398 e. The Morgan fingerprint density at radius 1 is 1.40 bits per heavy atom. The van der Waals surface area contributed by atoms with Crippen LogP contribution in [0.1, 0.15) is 13.3 Å². The number of rotatable bonds is 3. The lowest BCUT2D eigenvalue weighted by Gasteiger charge is -2.24. The van der Waals surface area contributed by atoms with Gasteiger partial charge in [0.15, 0.2) is 9.84 Å². The number of nitrogens with two attached hydrogens (primary N) is 1. The van der Waals surface area contributed by atoms with Crippen molar-refractivity contribution in [2.24, 2.45) is 0 Å². The van der Waals surface area contributed by atoms with Gasteiger partial charge in [0.1, 0.15) is 10.7 Å². The first-order chi connectivity index (χ1) is 9.03. The largest absolute Gasteiger partial charge is 0.398 e. The van der Waals surface area contributed by atoms with Crippen LogP contribution in [0, 0.1) is 5.82 Å². The normalized spacial score (nSPS) is 25.7.